The number of halogens is 1. The zero-order valence-corrected chi connectivity index (χ0v) is 20.3. The summed E-state index contributed by atoms with van der Waals surface area (Å²) in [6.07, 6.45) is 7.96. The number of rotatable bonds is 6. The summed E-state index contributed by atoms with van der Waals surface area (Å²) >= 11 is 0. The van der Waals surface area contributed by atoms with Crippen molar-refractivity contribution in [1.29, 1.82) is 0 Å². The topological polar surface area (TPSA) is 32.8 Å². The maximum Gasteiger partial charge on any atom is 0.308 e. The van der Waals surface area contributed by atoms with E-state index in [4.69, 9.17) is 4.74 Å². The highest BCUT2D eigenvalue weighted by Gasteiger charge is 2.29. The van der Waals surface area contributed by atoms with Gasteiger partial charge in [-0.25, -0.2) is 0 Å². The zero-order chi connectivity index (χ0) is 20.8. The van der Waals surface area contributed by atoms with Crippen LogP contribution in [-0.2, 0) is 11.2 Å². The first-order chi connectivity index (χ1) is 14.7. The fourth-order valence-corrected chi connectivity index (χ4v) is 5.08. The lowest BCUT2D eigenvalue weighted by molar-refractivity contribution is -0.131. The van der Waals surface area contributed by atoms with Crippen LogP contribution in [0, 0.1) is 0 Å². The van der Waals surface area contributed by atoms with E-state index in [1.165, 1.54) is 63.2 Å². The van der Waals surface area contributed by atoms with Gasteiger partial charge in [-0.1, -0.05) is 61.7 Å². The van der Waals surface area contributed by atoms with Gasteiger partial charge in [-0.15, -0.1) is 17.0 Å². The molecule has 1 atom stereocenters. The van der Waals surface area contributed by atoms with E-state index in [-0.39, 0.29) is 23.0 Å². The molecule has 1 saturated carbocycles. The normalized spacial score (nSPS) is 19.4. The lowest BCUT2D eigenvalue weighted by Gasteiger charge is -2.43. The highest BCUT2D eigenvalue weighted by molar-refractivity contribution is 8.93. The van der Waals surface area contributed by atoms with Gasteiger partial charge in [-0.3, -0.25) is 14.6 Å². The number of hydrogen-bond donors (Lipinski definition) is 0. The molecule has 0 bridgehead atoms. The maximum atomic E-state index is 11.2. The number of piperazine rings is 1. The minimum atomic E-state index is -0.277. The Hall–Kier alpha value is -1.69. The van der Waals surface area contributed by atoms with Crippen LogP contribution in [-0.4, -0.2) is 48.0 Å². The van der Waals surface area contributed by atoms with E-state index in [1.54, 1.807) is 0 Å². The van der Waals surface area contributed by atoms with Gasteiger partial charge in [0.25, 0.3) is 0 Å². The summed E-state index contributed by atoms with van der Waals surface area (Å²) in [5, 5.41) is 0. The summed E-state index contributed by atoms with van der Waals surface area (Å²) in [5.41, 5.74) is 2.65. The molecule has 1 aliphatic carbocycles. The molecule has 1 unspecified atom stereocenters. The van der Waals surface area contributed by atoms with Crippen molar-refractivity contribution in [2.75, 3.05) is 26.2 Å². The summed E-state index contributed by atoms with van der Waals surface area (Å²) in [6.45, 7) is 6.05. The second kappa shape index (κ2) is 11.8. The average Bonchev–Trinajstić information content (AvgIpc) is 2.79. The summed E-state index contributed by atoms with van der Waals surface area (Å²) in [7, 11) is 0. The minimum absolute atomic E-state index is 0. The Morgan fingerprint density at radius 3 is 2.19 bits per heavy atom. The molecule has 1 saturated heterocycles. The molecule has 0 radical (unpaired) electrons. The van der Waals surface area contributed by atoms with Crippen LogP contribution < -0.4 is 4.74 Å². The third kappa shape index (κ3) is 6.64. The molecule has 2 aromatic carbocycles. The molecule has 1 aliphatic heterocycles. The number of carbonyl (C=O) groups is 1. The van der Waals surface area contributed by atoms with Gasteiger partial charge in [-0.05, 0) is 42.5 Å². The average molecular weight is 487 g/mol. The number of carbonyl (C=O) groups excluding carboxylic acids is 1. The molecule has 31 heavy (non-hydrogen) atoms. The third-order valence-corrected chi connectivity index (χ3v) is 6.68. The summed E-state index contributed by atoms with van der Waals surface area (Å²) in [5.74, 6) is 0.337. The highest BCUT2D eigenvalue weighted by atomic mass is 79.9. The largest absolute Gasteiger partial charge is 0.427 e. The van der Waals surface area contributed by atoms with E-state index in [2.05, 4.69) is 52.3 Å². The lowest BCUT2D eigenvalue weighted by atomic mass is 9.93. The Balaban J connectivity index is 0.00000272. The summed E-state index contributed by atoms with van der Waals surface area (Å²) < 4.78 is 5.19. The van der Waals surface area contributed by atoms with E-state index < -0.39 is 0 Å². The van der Waals surface area contributed by atoms with Gasteiger partial charge >= 0.3 is 5.97 Å². The van der Waals surface area contributed by atoms with Crippen molar-refractivity contribution in [2.45, 2.75) is 57.5 Å². The monoisotopic (exact) mass is 486 g/mol. The van der Waals surface area contributed by atoms with Crippen LogP contribution >= 0.6 is 17.0 Å². The molecular formula is C26H35BrN2O2. The Morgan fingerprint density at radius 1 is 0.935 bits per heavy atom. The van der Waals surface area contributed by atoms with Gasteiger partial charge in [0.1, 0.15) is 5.75 Å². The van der Waals surface area contributed by atoms with Gasteiger partial charge in [0, 0.05) is 45.2 Å². The van der Waals surface area contributed by atoms with E-state index in [0.29, 0.717) is 11.8 Å². The van der Waals surface area contributed by atoms with E-state index in [9.17, 15) is 4.79 Å². The van der Waals surface area contributed by atoms with Gasteiger partial charge in [0.05, 0.1) is 0 Å². The Kier molecular flexibility index (Phi) is 9.12. The SMILES string of the molecule is Br.CC(=O)Oc1ccc(CC(c2ccccc2)N2CCN(C3CCCCC3)CC2)cc1. The third-order valence-electron chi connectivity index (χ3n) is 6.68. The number of hydrogen-bond acceptors (Lipinski definition) is 4. The Bertz CT molecular complexity index is 798. The van der Waals surface area contributed by atoms with Crippen LogP contribution in [0.2, 0.25) is 0 Å². The molecule has 2 fully saturated rings. The highest BCUT2D eigenvalue weighted by Crippen LogP contribution is 2.29. The van der Waals surface area contributed by atoms with Crippen molar-refractivity contribution >= 4 is 23.0 Å². The van der Waals surface area contributed by atoms with Gasteiger partial charge in [0.2, 0.25) is 0 Å². The number of esters is 1. The molecule has 168 valence electrons. The lowest BCUT2D eigenvalue weighted by Crippen LogP contribution is -2.51. The van der Waals surface area contributed by atoms with Crippen molar-refractivity contribution in [2.24, 2.45) is 0 Å². The standard InChI is InChI=1S/C26H34N2O2.BrH/c1-21(29)30-25-14-12-22(13-15-25)20-26(23-8-4-2-5-9-23)28-18-16-27(17-19-28)24-10-6-3-7-11-24;/h2,4-5,8-9,12-15,24,26H,3,6-7,10-11,16-20H2,1H3;1H. The summed E-state index contributed by atoms with van der Waals surface area (Å²) in [4.78, 5) is 16.6. The smallest absolute Gasteiger partial charge is 0.308 e. The Morgan fingerprint density at radius 2 is 1.58 bits per heavy atom. The number of ether oxygens (including phenoxy) is 1. The minimum Gasteiger partial charge on any atom is -0.427 e. The van der Waals surface area contributed by atoms with Crippen molar-refractivity contribution < 1.29 is 9.53 Å². The van der Waals surface area contributed by atoms with Crippen LogP contribution in [0.5, 0.6) is 5.75 Å². The predicted octanol–water partition coefficient (Wildman–Crippen LogP) is 5.42. The van der Waals surface area contributed by atoms with E-state index in [1.807, 2.05) is 12.1 Å². The Labute approximate surface area is 197 Å². The molecule has 4 rings (SSSR count). The molecular weight excluding hydrogens is 452 g/mol. The molecule has 0 amide bonds. The zero-order valence-electron chi connectivity index (χ0n) is 18.5. The van der Waals surface area contributed by atoms with Gasteiger partial charge in [-0.2, -0.15) is 0 Å². The second-order valence-corrected chi connectivity index (χ2v) is 8.73. The van der Waals surface area contributed by atoms with Crippen LogP contribution in [0.4, 0.5) is 0 Å². The molecule has 4 nitrogen and oxygen atoms in total. The van der Waals surface area contributed by atoms with Crippen LogP contribution in [0.1, 0.15) is 56.2 Å². The second-order valence-electron chi connectivity index (χ2n) is 8.73. The quantitative estimate of drug-likeness (QED) is 0.402. The molecule has 0 aromatic heterocycles. The first kappa shape index (κ1) is 24.0. The van der Waals surface area contributed by atoms with E-state index >= 15 is 0 Å². The van der Waals surface area contributed by atoms with Crippen molar-refractivity contribution in [3.63, 3.8) is 0 Å². The first-order valence-corrected chi connectivity index (χ1v) is 11.5. The molecule has 0 spiro atoms. The van der Waals surface area contributed by atoms with Crippen LogP contribution in [0.25, 0.3) is 0 Å². The fourth-order valence-electron chi connectivity index (χ4n) is 5.08. The maximum absolute atomic E-state index is 11.2. The predicted molar refractivity (Wildman–Crippen MR) is 131 cm³/mol. The van der Waals surface area contributed by atoms with Crippen molar-refractivity contribution in [3.8, 4) is 5.75 Å². The molecule has 5 heteroatoms. The molecule has 0 N–H and O–H groups in total. The number of benzene rings is 2. The number of nitrogens with zero attached hydrogens (tertiary/aromatic N) is 2. The first-order valence-electron chi connectivity index (χ1n) is 11.5. The van der Waals surface area contributed by atoms with E-state index in [0.717, 1.165) is 25.6 Å². The van der Waals surface area contributed by atoms with Crippen LogP contribution in [0.3, 0.4) is 0 Å². The van der Waals surface area contributed by atoms with Crippen molar-refractivity contribution in [1.82, 2.24) is 9.80 Å². The molecule has 2 aromatic rings. The van der Waals surface area contributed by atoms with Gasteiger partial charge < -0.3 is 4.74 Å². The fraction of sp³-hybridized carbons (Fsp3) is 0.500. The van der Waals surface area contributed by atoms with Crippen molar-refractivity contribution in [3.05, 3.63) is 65.7 Å². The van der Waals surface area contributed by atoms with Crippen LogP contribution in [0.15, 0.2) is 54.6 Å². The van der Waals surface area contributed by atoms with Gasteiger partial charge in [0.15, 0.2) is 0 Å². The summed E-state index contributed by atoms with van der Waals surface area (Å²) in [6, 6.07) is 20.1. The molecule has 1 heterocycles. The molecule has 2 aliphatic rings.